The van der Waals surface area contributed by atoms with Crippen LogP contribution >= 0.6 is 0 Å². The molecular weight excluding hydrogens is 495 g/mol. The Morgan fingerprint density at radius 3 is 2.38 bits per heavy atom. The number of aromatic carboxylic acids is 1. The highest BCUT2D eigenvalue weighted by molar-refractivity contribution is 5.86. The summed E-state index contributed by atoms with van der Waals surface area (Å²) in [4.78, 5) is 52.6. The summed E-state index contributed by atoms with van der Waals surface area (Å²) >= 11 is 0. The van der Waals surface area contributed by atoms with Gasteiger partial charge in [-0.3, -0.25) is 18.7 Å². The first-order chi connectivity index (χ1) is 17.6. The van der Waals surface area contributed by atoms with E-state index in [9.17, 15) is 37.5 Å². The molecule has 2 heterocycles. The molecule has 0 radical (unpaired) electrons. The molecule has 1 unspecified atom stereocenters. The highest BCUT2D eigenvalue weighted by Gasteiger charge is 2.39. The quantitative estimate of drug-likeness (QED) is 0.663. The number of nitrogens with zero attached hydrogens (tertiary/aromatic N) is 3. The Morgan fingerprint density at radius 2 is 1.73 bits per heavy atom. The van der Waals surface area contributed by atoms with Crippen LogP contribution in [-0.4, -0.2) is 56.8 Å². The van der Waals surface area contributed by atoms with Crippen molar-refractivity contribution in [2.45, 2.75) is 62.8 Å². The number of amides is 1. The predicted molar refractivity (Wildman–Crippen MR) is 124 cm³/mol. The van der Waals surface area contributed by atoms with Gasteiger partial charge in [0.2, 0.25) is 5.91 Å². The van der Waals surface area contributed by atoms with E-state index in [0.717, 1.165) is 16.8 Å². The lowest BCUT2D eigenvalue weighted by atomic mass is 9.89. The van der Waals surface area contributed by atoms with Crippen LogP contribution in [0.1, 0.15) is 71.2 Å². The lowest BCUT2D eigenvalue weighted by Gasteiger charge is -2.39. The zero-order chi connectivity index (χ0) is 26.5. The van der Waals surface area contributed by atoms with Crippen LogP contribution in [0.5, 0.6) is 0 Å². The molecule has 0 bridgehead atoms. The molecule has 9 nitrogen and oxygen atoms in total. The molecule has 5 rings (SSSR count). The Bertz CT molecular complexity index is 1360. The van der Waals surface area contributed by atoms with E-state index < -0.39 is 46.6 Å². The molecule has 1 atom stereocenters. The fourth-order valence-electron chi connectivity index (χ4n) is 6.00. The number of rotatable bonds is 4. The van der Waals surface area contributed by atoms with Crippen LogP contribution in [0.15, 0.2) is 34.0 Å². The zero-order valence-electron chi connectivity index (χ0n) is 19.9. The first kappa shape index (κ1) is 25.2. The van der Waals surface area contributed by atoms with Crippen molar-refractivity contribution in [1.82, 2.24) is 14.0 Å². The van der Waals surface area contributed by atoms with Gasteiger partial charge in [-0.2, -0.15) is 13.2 Å². The van der Waals surface area contributed by atoms with Gasteiger partial charge in [0.05, 0.1) is 18.2 Å². The van der Waals surface area contributed by atoms with Crippen molar-refractivity contribution in [2.75, 3.05) is 19.8 Å². The maximum atomic E-state index is 13.6. The standard InChI is InChI=1S/C25H26F3N3O6/c26-25(27,28)19-3-1-2-17-16(19)8-9-20(17)31-22(33)18(23(34)35)12-30(24(31)36)15-6-4-14(5-7-15)29-10-11-37-13-21(29)32/h1-3,12,14-15,20H,4-11,13H2,(H,34,35). The fraction of sp³-hybridized carbons (Fsp3) is 0.520. The maximum absolute atomic E-state index is 13.6. The molecule has 0 spiro atoms. The van der Waals surface area contributed by atoms with Crippen LogP contribution < -0.4 is 11.2 Å². The molecular formula is C25H26F3N3O6. The fourth-order valence-corrected chi connectivity index (χ4v) is 6.00. The monoisotopic (exact) mass is 521 g/mol. The normalized spacial score (nSPS) is 24.2. The number of carbonyl (C=O) groups is 2. The molecule has 1 aliphatic heterocycles. The van der Waals surface area contributed by atoms with Crippen molar-refractivity contribution in [3.05, 3.63) is 67.5 Å². The minimum absolute atomic E-state index is 0.0115. The molecule has 3 aliphatic rings. The summed E-state index contributed by atoms with van der Waals surface area (Å²) in [5.74, 6) is -1.60. The van der Waals surface area contributed by atoms with Crippen LogP contribution in [-0.2, 0) is 22.1 Å². The summed E-state index contributed by atoms with van der Waals surface area (Å²) in [6, 6.07) is 2.23. The topological polar surface area (TPSA) is 111 Å². The van der Waals surface area contributed by atoms with E-state index in [1.807, 2.05) is 0 Å². The number of aromatic nitrogens is 2. The molecule has 1 amide bonds. The SMILES string of the molecule is O=C(O)c1cn(C2CCC(N3CCOCC3=O)CC2)c(=O)n(C2CCc3c2cccc3C(F)(F)F)c1=O. The van der Waals surface area contributed by atoms with E-state index in [1.165, 1.54) is 16.7 Å². The van der Waals surface area contributed by atoms with Gasteiger partial charge in [-0.25, -0.2) is 9.59 Å². The number of hydrogen-bond acceptors (Lipinski definition) is 5. The van der Waals surface area contributed by atoms with Crippen LogP contribution in [0.2, 0.25) is 0 Å². The Balaban J connectivity index is 1.51. The van der Waals surface area contributed by atoms with E-state index in [0.29, 0.717) is 38.8 Å². The van der Waals surface area contributed by atoms with Gasteiger partial charge in [0.1, 0.15) is 12.2 Å². The first-order valence-corrected chi connectivity index (χ1v) is 12.2. The number of carbonyl (C=O) groups excluding carboxylic acids is 1. The molecule has 2 aromatic rings. The molecule has 1 N–H and O–H groups in total. The van der Waals surface area contributed by atoms with Crippen molar-refractivity contribution in [3.63, 3.8) is 0 Å². The number of alkyl halides is 3. The van der Waals surface area contributed by atoms with Gasteiger partial charge in [0, 0.05) is 24.8 Å². The summed E-state index contributed by atoms with van der Waals surface area (Å²) < 4.78 is 47.9. The minimum atomic E-state index is -4.59. The minimum Gasteiger partial charge on any atom is -0.477 e. The zero-order valence-corrected chi connectivity index (χ0v) is 19.9. The predicted octanol–water partition coefficient (Wildman–Crippen LogP) is 2.61. The summed E-state index contributed by atoms with van der Waals surface area (Å²) in [5, 5.41) is 9.70. The molecule has 1 saturated heterocycles. The Morgan fingerprint density at radius 1 is 1.03 bits per heavy atom. The van der Waals surface area contributed by atoms with Crippen molar-refractivity contribution in [3.8, 4) is 0 Å². The number of carboxylic acids is 1. The third-order valence-corrected chi connectivity index (χ3v) is 7.75. The van der Waals surface area contributed by atoms with Crippen LogP contribution in [0, 0.1) is 0 Å². The summed E-state index contributed by atoms with van der Waals surface area (Å²) in [6.07, 6.45) is -1.32. The van der Waals surface area contributed by atoms with Gasteiger partial charge < -0.3 is 14.7 Å². The third kappa shape index (κ3) is 4.47. The summed E-state index contributed by atoms with van der Waals surface area (Å²) in [7, 11) is 0. The molecule has 1 saturated carbocycles. The number of fused-ring (bicyclic) bond motifs is 1. The number of hydrogen-bond donors (Lipinski definition) is 1. The Hall–Kier alpha value is -3.41. The lowest BCUT2D eigenvalue weighted by molar-refractivity contribution is -0.146. The average Bonchev–Trinajstić information content (AvgIpc) is 3.28. The highest BCUT2D eigenvalue weighted by Crippen LogP contribution is 2.41. The van der Waals surface area contributed by atoms with Crippen molar-refractivity contribution in [2.24, 2.45) is 0 Å². The smallest absolute Gasteiger partial charge is 0.416 e. The van der Waals surface area contributed by atoms with Crippen LogP contribution in [0.25, 0.3) is 0 Å². The van der Waals surface area contributed by atoms with E-state index in [2.05, 4.69) is 0 Å². The van der Waals surface area contributed by atoms with E-state index >= 15 is 0 Å². The second-order valence-electron chi connectivity index (χ2n) is 9.74. The molecule has 37 heavy (non-hydrogen) atoms. The molecule has 1 aromatic carbocycles. The second kappa shape index (κ2) is 9.47. The number of benzene rings is 1. The molecule has 2 aliphatic carbocycles. The molecule has 1 aromatic heterocycles. The molecule has 198 valence electrons. The van der Waals surface area contributed by atoms with E-state index in [-0.39, 0.29) is 42.5 Å². The number of carboxylic acid groups (broad SMARTS) is 1. The number of morpholine rings is 1. The van der Waals surface area contributed by atoms with Crippen LogP contribution in [0.3, 0.4) is 0 Å². The largest absolute Gasteiger partial charge is 0.477 e. The lowest BCUT2D eigenvalue weighted by Crippen LogP contribution is -2.50. The van der Waals surface area contributed by atoms with Gasteiger partial charge >= 0.3 is 17.8 Å². The van der Waals surface area contributed by atoms with Gasteiger partial charge in [-0.05, 0) is 55.7 Å². The molecule has 2 fully saturated rings. The average molecular weight is 521 g/mol. The van der Waals surface area contributed by atoms with Crippen LogP contribution in [0.4, 0.5) is 13.2 Å². The summed E-state index contributed by atoms with van der Waals surface area (Å²) in [6.45, 7) is 0.978. The third-order valence-electron chi connectivity index (χ3n) is 7.75. The van der Waals surface area contributed by atoms with Gasteiger partial charge in [-0.1, -0.05) is 12.1 Å². The maximum Gasteiger partial charge on any atom is 0.416 e. The highest BCUT2D eigenvalue weighted by atomic mass is 19.4. The van der Waals surface area contributed by atoms with E-state index in [1.54, 1.807) is 4.90 Å². The van der Waals surface area contributed by atoms with Crippen molar-refractivity contribution in [1.29, 1.82) is 0 Å². The van der Waals surface area contributed by atoms with Gasteiger partial charge in [-0.15, -0.1) is 0 Å². The number of ether oxygens (including phenoxy) is 1. The van der Waals surface area contributed by atoms with Crippen molar-refractivity contribution < 1.29 is 32.6 Å². The molecule has 12 heteroatoms. The Kier molecular flexibility index (Phi) is 6.47. The summed E-state index contributed by atoms with van der Waals surface area (Å²) in [5.41, 5.74) is -2.96. The van der Waals surface area contributed by atoms with Gasteiger partial charge in [0.15, 0.2) is 0 Å². The number of halogens is 3. The van der Waals surface area contributed by atoms with E-state index in [4.69, 9.17) is 4.74 Å². The first-order valence-electron chi connectivity index (χ1n) is 12.2. The second-order valence-corrected chi connectivity index (χ2v) is 9.74. The Labute approximate surface area is 209 Å². The van der Waals surface area contributed by atoms with Crippen molar-refractivity contribution >= 4 is 11.9 Å². The van der Waals surface area contributed by atoms with Gasteiger partial charge in [0.25, 0.3) is 5.56 Å².